The van der Waals surface area contributed by atoms with E-state index < -0.39 is 0 Å². The molecule has 0 aliphatic heterocycles. The molecule has 2 nitrogen and oxygen atoms in total. The van der Waals surface area contributed by atoms with E-state index in [0.29, 0.717) is 11.5 Å². The van der Waals surface area contributed by atoms with Crippen molar-refractivity contribution in [2.24, 2.45) is 5.41 Å². The van der Waals surface area contributed by atoms with Crippen LogP contribution >= 0.6 is 0 Å². The molecule has 1 aliphatic rings. The predicted molar refractivity (Wildman–Crippen MR) is 71.0 cm³/mol. The molecule has 1 N–H and O–H groups in total. The van der Waals surface area contributed by atoms with Gasteiger partial charge in [0.2, 0.25) is 0 Å². The average molecular weight is 235 g/mol. The first-order valence-electron chi connectivity index (χ1n) is 6.90. The first-order valence-corrected chi connectivity index (χ1v) is 6.90. The third-order valence-electron chi connectivity index (χ3n) is 3.84. The molecule has 0 bridgehead atoms. The van der Waals surface area contributed by atoms with Gasteiger partial charge in [0.05, 0.1) is 6.54 Å². The number of hydrogen-bond donors (Lipinski definition) is 1. The van der Waals surface area contributed by atoms with Gasteiger partial charge in [-0.2, -0.15) is 0 Å². The number of aryl methyl sites for hydroxylation is 1. The summed E-state index contributed by atoms with van der Waals surface area (Å²) in [6, 6.07) is 4.84. The summed E-state index contributed by atoms with van der Waals surface area (Å²) in [7, 11) is 0. The molecule has 2 heteroatoms. The van der Waals surface area contributed by atoms with Crippen molar-refractivity contribution >= 4 is 0 Å². The van der Waals surface area contributed by atoms with Gasteiger partial charge >= 0.3 is 0 Å². The molecule has 1 aromatic heterocycles. The first kappa shape index (κ1) is 12.7. The monoisotopic (exact) mass is 235 g/mol. The Kier molecular flexibility index (Phi) is 3.93. The van der Waals surface area contributed by atoms with Crippen LogP contribution in [0, 0.1) is 5.41 Å². The summed E-state index contributed by atoms with van der Waals surface area (Å²) in [6.07, 6.45) is 6.30. The maximum atomic E-state index is 5.71. The molecular weight excluding hydrogens is 210 g/mol. The third kappa shape index (κ3) is 3.60. The quantitative estimate of drug-likeness (QED) is 0.856. The molecule has 1 aromatic rings. The van der Waals surface area contributed by atoms with Crippen molar-refractivity contribution in [1.29, 1.82) is 0 Å². The molecule has 2 rings (SSSR count). The van der Waals surface area contributed by atoms with Crippen molar-refractivity contribution in [3.05, 3.63) is 23.7 Å². The Morgan fingerprint density at radius 1 is 1.35 bits per heavy atom. The number of furan rings is 1. The maximum Gasteiger partial charge on any atom is 0.117 e. The standard InChI is InChI=1S/C15H25NO/c1-4-13-7-8-14(17-13)11-16-12-6-5-9-15(2,3)10-12/h7-8,12,16H,4-6,9-11H2,1-3H3. The van der Waals surface area contributed by atoms with Gasteiger partial charge in [0.1, 0.15) is 11.5 Å². The van der Waals surface area contributed by atoms with Crippen LogP contribution in [0.15, 0.2) is 16.5 Å². The fraction of sp³-hybridized carbons (Fsp3) is 0.733. The van der Waals surface area contributed by atoms with Gasteiger partial charge in [-0.3, -0.25) is 0 Å². The lowest BCUT2D eigenvalue weighted by Crippen LogP contribution is -2.36. The van der Waals surface area contributed by atoms with Crippen LogP contribution < -0.4 is 5.32 Å². The zero-order chi connectivity index (χ0) is 12.3. The molecule has 1 unspecified atom stereocenters. The summed E-state index contributed by atoms with van der Waals surface area (Å²) in [6.45, 7) is 7.76. The predicted octanol–water partition coefficient (Wildman–Crippen LogP) is 3.90. The van der Waals surface area contributed by atoms with Crippen molar-refractivity contribution < 1.29 is 4.42 Å². The topological polar surface area (TPSA) is 25.2 Å². The SMILES string of the molecule is CCc1ccc(CNC2CCCC(C)(C)C2)o1. The van der Waals surface area contributed by atoms with Gasteiger partial charge in [-0.05, 0) is 36.8 Å². The summed E-state index contributed by atoms with van der Waals surface area (Å²) >= 11 is 0. The Morgan fingerprint density at radius 3 is 2.76 bits per heavy atom. The summed E-state index contributed by atoms with van der Waals surface area (Å²) in [5.74, 6) is 2.16. The first-order chi connectivity index (χ1) is 8.09. The van der Waals surface area contributed by atoms with Crippen molar-refractivity contribution in [3.63, 3.8) is 0 Å². The van der Waals surface area contributed by atoms with E-state index in [9.17, 15) is 0 Å². The molecule has 1 atom stereocenters. The van der Waals surface area contributed by atoms with Gasteiger partial charge in [0.15, 0.2) is 0 Å². The Bertz CT molecular complexity index is 354. The average Bonchev–Trinajstić information content (AvgIpc) is 2.73. The van der Waals surface area contributed by atoms with Crippen LogP contribution in [0.3, 0.4) is 0 Å². The summed E-state index contributed by atoms with van der Waals surface area (Å²) in [4.78, 5) is 0. The van der Waals surface area contributed by atoms with Gasteiger partial charge in [0, 0.05) is 12.5 Å². The number of hydrogen-bond acceptors (Lipinski definition) is 2. The van der Waals surface area contributed by atoms with E-state index in [2.05, 4.69) is 38.2 Å². The Morgan fingerprint density at radius 2 is 2.12 bits per heavy atom. The normalized spacial score (nSPS) is 23.8. The van der Waals surface area contributed by atoms with Gasteiger partial charge in [-0.1, -0.05) is 27.2 Å². The Labute approximate surface area is 105 Å². The molecule has 0 radical (unpaired) electrons. The second kappa shape index (κ2) is 5.26. The summed E-state index contributed by atoms with van der Waals surface area (Å²) in [5, 5.41) is 3.64. The van der Waals surface area contributed by atoms with Crippen LogP contribution in [-0.4, -0.2) is 6.04 Å². The van der Waals surface area contributed by atoms with Crippen molar-refractivity contribution in [3.8, 4) is 0 Å². The molecule has 17 heavy (non-hydrogen) atoms. The molecule has 0 saturated heterocycles. The van der Waals surface area contributed by atoms with E-state index in [1.165, 1.54) is 25.7 Å². The van der Waals surface area contributed by atoms with Gasteiger partial charge in [-0.25, -0.2) is 0 Å². The maximum absolute atomic E-state index is 5.71. The minimum Gasteiger partial charge on any atom is -0.465 e. The minimum atomic E-state index is 0.508. The van der Waals surface area contributed by atoms with E-state index in [-0.39, 0.29) is 0 Å². The highest BCUT2D eigenvalue weighted by Crippen LogP contribution is 2.35. The Hall–Kier alpha value is -0.760. The molecule has 1 heterocycles. The van der Waals surface area contributed by atoms with Crippen LogP contribution in [0.5, 0.6) is 0 Å². The molecule has 0 aromatic carbocycles. The van der Waals surface area contributed by atoms with Crippen molar-refractivity contribution in [1.82, 2.24) is 5.32 Å². The highest BCUT2D eigenvalue weighted by atomic mass is 16.3. The Balaban J connectivity index is 1.81. The second-order valence-electron chi connectivity index (χ2n) is 6.06. The highest BCUT2D eigenvalue weighted by Gasteiger charge is 2.27. The molecule has 1 saturated carbocycles. The molecule has 0 amide bonds. The van der Waals surface area contributed by atoms with E-state index >= 15 is 0 Å². The third-order valence-corrected chi connectivity index (χ3v) is 3.84. The van der Waals surface area contributed by atoms with Crippen LogP contribution in [0.1, 0.15) is 58.0 Å². The largest absolute Gasteiger partial charge is 0.465 e. The van der Waals surface area contributed by atoms with Crippen LogP contribution in [0.25, 0.3) is 0 Å². The van der Waals surface area contributed by atoms with E-state index in [0.717, 1.165) is 24.5 Å². The fourth-order valence-corrected chi connectivity index (χ4v) is 2.82. The smallest absolute Gasteiger partial charge is 0.117 e. The molecule has 1 fully saturated rings. The fourth-order valence-electron chi connectivity index (χ4n) is 2.82. The second-order valence-corrected chi connectivity index (χ2v) is 6.06. The molecule has 0 spiro atoms. The van der Waals surface area contributed by atoms with Crippen LogP contribution in [0.2, 0.25) is 0 Å². The van der Waals surface area contributed by atoms with Crippen molar-refractivity contribution in [2.45, 2.75) is 65.5 Å². The van der Waals surface area contributed by atoms with Crippen molar-refractivity contribution in [2.75, 3.05) is 0 Å². The zero-order valence-electron chi connectivity index (χ0n) is 11.4. The lowest BCUT2D eigenvalue weighted by Gasteiger charge is -2.35. The summed E-state index contributed by atoms with van der Waals surface area (Å²) < 4.78 is 5.71. The van der Waals surface area contributed by atoms with Crippen LogP contribution in [0.4, 0.5) is 0 Å². The molecular formula is C15H25NO. The van der Waals surface area contributed by atoms with E-state index in [1.54, 1.807) is 0 Å². The molecule has 1 aliphatic carbocycles. The van der Waals surface area contributed by atoms with Gasteiger partial charge < -0.3 is 9.73 Å². The zero-order valence-corrected chi connectivity index (χ0v) is 11.4. The number of rotatable bonds is 4. The minimum absolute atomic E-state index is 0.508. The highest BCUT2D eigenvalue weighted by molar-refractivity contribution is 5.07. The van der Waals surface area contributed by atoms with Gasteiger partial charge in [-0.15, -0.1) is 0 Å². The van der Waals surface area contributed by atoms with E-state index in [1.807, 2.05) is 0 Å². The lowest BCUT2D eigenvalue weighted by atomic mass is 9.75. The molecule has 96 valence electrons. The summed E-state index contributed by atoms with van der Waals surface area (Å²) in [5.41, 5.74) is 0.508. The number of nitrogens with one attached hydrogen (secondary N) is 1. The lowest BCUT2D eigenvalue weighted by molar-refractivity contribution is 0.195. The van der Waals surface area contributed by atoms with Crippen LogP contribution in [-0.2, 0) is 13.0 Å². The van der Waals surface area contributed by atoms with Gasteiger partial charge in [0.25, 0.3) is 0 Å². The van der Waals surface area contributed by atoms with E-state index in [4.69, 9.17) is 4.42 Å².